The van der Waals surface area contributed by atoms with Crippen LogP contribution in [-0.4, -0.2) is 39.3 Å². The second kappa shape index (κ2) is 8.54. The number of aliphatic hydroxyl groups excluding tert-OH is 1. The Balaban J connectivity index is 1.56. The molecule has 0 saturated carbocycles. The van der Waals surface area contributed by atoms with Crippen LogP contribution in [0.5, 0.6) is 5.75 Å². The first kappa shape index (κ1) is 20.9. The van der Waals surface area contributed by atoms with E-state index in [2.05, 4.69) is 4.98 Å². The van der Waals surface area contributed by atoms with Crippen LogP contribution in [0.25, 0.3) is 5.76 Å². The van der Waals surface area contributed by atoms with Crippen molar-refractivity contribution in [2.45, 2.75) is 31.9 Å². The van der Waals surface area contributed by atoms with Gasteiger partial charge in [-0.2, -0.15) is 0 Å². The van der Waals surface area contributed by atoms with Crippen molar-refractivity contribution >= 4 is 17.4 Å². The molecule has 1 N–H and O–H groups in total. The Bertz CT molecular complexity index is 1240. The maximum absolute atomic E-state index is 13.2. The number of amides is 1. The van der Waals surface area contributed by atoms with E-state index in [0.29, 0.717) is 24.1 Å². The van der Waals surface area contributed by atoms with Gasteiger partial charge in [-0.3, -0.25) is 14.6 Å². The summed E-state index contributed by atoms with van der Waals surface area (Å²) in [5.41, 5.74) is 3.32. The molecule has 1 fully saturated rings. The van der Waals surface area contributed by atoms with Crippen molar-refractivity contribution in [2.75, 3.05) is 6.54 Å². The fraction of sp³-hybridized carbons (Fsp3) is 0.222. The number of carbonyl (C=O) groups excluding carboxylic acids is 2. The van der Waals surface area contributed by atoms with Crippen LogP contribution in [0.1, 0.15) is 35.2 Å². The number of hydrogen-bond acceptors (Lipinski definition) is 5. The number of carbonyl (C=O) groups is 2. The van der Waals surface area contributed by atoms with E-state index in [9.17, 15) is 14.7 Å². The van der Waals surface area contributed by atoms with Gasteiger partial charge in [-0.15, -0.1) is 0 Å². The van der Waals surface area contributed by atoms with Crippen LogP contribution >= 0.6 is 0 Å². The van der Waals surface area contributed by atoms with Gasteiger partial charge in [0, 0.05) is 30.9 Å². The smallest absolute Gasteiger partial charge is 0.295 e. The Morgan fingerprint density at radius 1 is 1.12 bits per heavy atom. The molecule has 6 heteroatoms. The molecule has 2 aliphatic heterocycles. The van der Waals surface area contributed by atoms with E-state index in [-0.39, 0.29) is 17.4 Å². The molecule has 2 atom stereocenters. The number of rotatable bonds is 5. The summed E-state index contributed by atoms with van der Waals surface area (Å²) in [5, 5.41) is 11.3. The van der Waals surface area contributed by atoms with Gasteiger partial charge in [-0.25, -0.2) is 0 Å². The lowest BCUT2D eigenvalue weighted by atomic mass is 9.95. The lowest BCUT2D eigenvalue weighted by Crippen LogP contribution is -2.31. The van der Waals surface area contributed by atoms with Crippen molar-refractivity contribution in [3.05, 3.63) is 101 Å². The van der Waals surface area contributed by atoms with Crippen LogP contribution in [0.4, 0.5) is 0 Å². The van der Waals surface area contributed by atoms with E-state index in [1.165, 1.54) is 4.90 Å². The molecule has 0 aliphatic carbocycles. The van der Waals surface area contributed by atoms with Crippen LogP contribution in [0.15, 0.2) is 78.6 Å². The first-order valence-corrected chi connectivity index (χ1v) is 11.0. The number of aliphatic hydroxyl groups is 1. The van der Waals surface area contributed by atoms with Crippen molar-refractivity contribution in [1.29, 1.82) is 0 Å². The third-order valence-corrected chi connectivity index (χ3v) is 6.19. The predicted molar refractivity (Wildman–Crippen MR) is 124 cm³/mol. The van der Waals surface area contributed by atoms with Gasteiger partial charge in [-0.1, -0.05) is 36.4 Å². The van der Waals surface area contributed by atoms with E-state index >= 15 is 0 Å². The number of likely N-dealkylation sites (tertiary alicyclic amines) is 1. The van der Waals surface area contributed by atoms with Crippen LogP contribution in [0.3, 0.4) is 0 Å². The summed E-state index contributed by atoms with van der Waals surface area (Å²) < 4.78 is 5.75. The Kier molecular flexibility index (Phi) is 5.42. The quantitative estimate of drug-likeness (QED) is 0.368. The first-order chi connectivity index (χ1) is 16.0. The van der Waals surface area contributed by atoms with E-state index in [4.69, 9.17) is 4.74 Å². The van der Waals surface area contributed by atoms with Crippen LogP contribution in [-0.2, 0) is 22.4 Å². The molecule has 2 unspecified atom stereocenters. The van der Waals surface area contributed by atoms with Gasteiger partial charge in [0.15, 0.2) is 0 Å². The van der Waals surface area contributed by atoms with Gasteiger partial charge in [0.1, 0.15) is 17.6 Å². The van der Waals surface area contributed by atoms with Gasteiger partial charge in [0.25, 0.3) is 11.7 Å². The Morgan fingerprint density at radius 2 is 1.94 bits per heavy atom. The van der Waals surface area contributed by atoms with Crippen LogP contribution < -0.4 is 4.74 Å². The normalized spacial score (nSPS) is 21.2. The molecule has 33 heavy (non-hydrogen) atoms. The molecule has 1 aromatic heterocycles. The van der Waals surface area contributed by atoms with Crippen molar-refractivity contribution < 1.29 is 19.4 Å². The second-order valence-electron chi connectivity index (χ2n) is 8.47. The molecular weight excluding hydrogens is 416 g/mol. The molecule has 2 aromatic carbocycles. The van der Waals surface area contributed by atoms with Gasteiger partial charge in [-0.05, 0) is 54.3 Å². The fourth-order valence-electron chi connectivity index (χ4n) is 4.61. The number of aromatic nitrogens is 1. The molecule has 5 rings (SSSR count). The van der Waals surface area contributed by atoms with Crippen LogP contribution in [0, 0.1) is 0 Å². The third kappa shape index (κ3) is 3.89. The zero-order chi connectivity index (χ0) is 22.9. The SMILES string of the molecule is CC1Cc2cc(/C(O)=C3\C(=O)C(=O)N(CCc4ccccc4)C3c3cccnc3)ccc2O1. The number of Topliss-reactive ketones (excluding diaryl/α,β-unsaturated/α-hetero) is 1. The highest BCUT2D eigenvalue weighted by Crippen LogP contribution is 2.40. The molecule has 0 radical (unpaired) electrons. The average Bonchev–Trinajstić information content (AvgIpc) is 3.34. The van der Waals surface area contributed by atoms with Crippen molar-refractivity contribution in [3.8, 4) is 5.75 Å². The van der Waals surface area contributed by atoms with Gasteiger partial charge in [0.05, 0.1) is 11.6 Å². The number of hydrogen-bond donors (Lipinski definition) is 1. The molecule has 0 spiro atoms. The van der Waals surface area contributed by atoms with Crippen molar-refractivity contribution in [3.63, 3.8) is 0 Å². The molecule has 6 nitrogen and oxygen atoms in total. The van der Waals surface area contributed by atoms with E-state index in [1.807, 2.05) is 49.4 Å². The summed E-state index contributed by atoms with van der Waals surface area (Å²) in [7, 11) is 0. The minimum absolute atomic E-state index is 0.0661. The summed E-state index contributed by atoms with van der Waals surface area (Å²) in [4.78, 5) is 32.0. The summed E-state index contributed by atoms with van der Waals surface area (Å²) in [6.07, 6.45) is 4.67. The summed E-state index contributed by atoms with van der Waals surface area (Å²) in [5.74, 6) is -0.683. The number of nitrogens with zero attached hydrogens (tertiary/aromatic N) is 2. The zero-order valence-corrected chi connectivity index (χ0v) is 18.3. The van der Waals surface area contributed by atoms with Crippen molar-refractivity contribution in [2.24, 2.45) is 0 Å². The third-order valence-electron chi connectivity index (χ3n) is 6.19. The molecule has 166 valence electrons. The average molecular weight is 440 g/mol. The predicted octanol–water partition coefficient (Wildman–Crippen LogP) is 4.07. The zero-order valence-electron chi connectivity index (χ0n) is 18.3. The maximum atomic E-state index is 13.2. The number of benzene rings is 2. The minimum atomic E-state index is -0.703. The summed E-state index contributed by atoms with van der Waals surface area (Å²) in [6, 6.07) is 18.1. The minimum Gasteiger partial charge on any atom is -0.507 e. The topological polar surface area (TPSA) is 79.7 Å². The highest BCUT2D eigenvalue weighted by molar-refractivity contribution is 6.46. The Morgan fingerprint density at radius 3 is 2.70 bits per heavy atom. The van der Waals surface area contributed by atoms with E-state index in [0.717, 1.165) is 23.3 Å². The highest BCUT2D eigenvalue weighted by Gasteiger charge is 2.46. The largest absolute Gasteiger partial charge is 0.507 e. The first-order valence-electron chi connectivity index (χ1n) is 11.0. The standard InChI is InChI=1S/C27H24N2O4/c1-17-14-21-15-19(9-10-22(21)33-17)25(30)23-24(20-8-5-12-28-16-20)29(27(32)26(23)31)13-11-18-6-3-2-4-7-18/h2-10,12,15-17,24,30H,11,13-14H2,1H3/b25-23+. The number of pyridine rings is 1. The second-order valence-corrected chi connectivity index (χ2v) is 8.47. The van der Waals surface area contributed by atoms with Gasteiger partial charge < -0.3 is 14.7 Å². The van der Waals surface area contributed by atoms with Crippen LogP contribution in [0.2, 0.25) is 0 Å². The fourth-order valence-corrected chi connectivity index (χ4v) is 4.61. The van der Waals surface area contributed by atoms with Crippen molar-refractivity contribution in [1.82, 2.24) is 9.88 Å². The van der Waals surface area contributed by atoms with Gasteiger partial charge >= 0.3 is 0 Å². The molecule has 1 amide bonds. The maximum Gasteiger partial charge on any atom is 0.295 e. The monoisotopic (exact) mass is 440 g/mol. The number of ketones is 1. The lowest BCUT2D eigenvalue weighted by molar-refractivity contribution is -0.139. The molecular formula is C27H24N2O4. The Hall–Kier alpha value is -3.93. The number of ether oxygens (including phenoxy) is 1. The molecule has 0 bridgehead atoms. The summed E-state index contributed by atoms with van der Waals surface area (Å²) >= 11 is 0. The lowest BCUT2D eigenvalue weighted by Gasteiger charge is -2.25. The molecule has 2 aliphatic rings. The molecule has 3 aromatic rings. The van der Waals surface area contributed by atoms with Gasteiger partial charge in [0.2, 0.25) is 0 Å². The number of fused-ring (bicyclic) bond motifs is 1. The highest BCUT2D eigenvalue weighted by atomic mass is 16.5. The summed E-state index contributed by atoms with van der Waals surface area (Å²) in [6.45, 7) is 2.33. The molecule has 3 heterocycles. The van der Waals surface area contributed by atoms with E-state index < -0.39 is 17.7 Å². The molecule has 1 saturated heterocycles. The Labute approximate surface area is 192 Å². The van der Waals surface area contributed by atoms with E-state index in [1.54, 1.807) is 30.6 Å².